The molecule has 0 unspecified atom stereocenters. The summed E-state index contributed by atoms with van der Waals surface area (Å²) < 4.78 is 1.49. The maximum absolute atomic E-state index is 14.4. The lowest BCUT2D eigenvalue weighted by Gasteiger charge is -2.53. The van der Waals surface area contributed by atoms with Crippen molar-refractivity contribution in [1.29, 1.82) is 0 Å². The zero-order valence-corrected chi connectivity index (χ0v) is 21.7. The molecule has 2 aromatic heterocycles. The van der Waals surface area contributed by atoms with Gasteiger partial charge in [-0.3, -0.25) is 29.0 Å². The van der Waals surface area contributed by atoms with Crippen LogP contribution in [0.4, 0.5) is 10.6 Å². The minimum atomic E-state index is -1.67. The topological polar surface area (TPSA) is 104 Å². The van der Waals surface area contributed by atoms with E-state index in [1.165, 1.54) is 9.30 Å². The zero-order chi connectivity index (χ0) is 26.6. The monoisotopic (exact) mass is 513 g/mol. The van der Waals surface area contributed by atoms with E-state index in [4.69, 9.17) is 4.98 Å². The Morgan fingerprint density at radius 3 is 2.68 bits per heavy atom. The second-order valence-electron chi connectivity index (χ2n) is 10.6. The minimum absolute atomic E-state index is 0.121. The van der Waals surface area contributed by atoms with E-state index in [1.807, 2.05) is 42.2 Å². The predicted molar refractivity (Wildman–Crippen MR) is 142 cm³/mol. The summed E-state index contributed by atoms with van der Waals surface area (Å²) in [5, 5.41) is 2.49. The number of pyridine rings is 1. The van der Waals surface area contributed by atoms with Crippen LogP contribution in [0.25, 0.3) is 5.65 Å². The molecular weight excluding hydrogens is 482 g/mol. The number of unbranched alkanes of at least 4 members (excludes halogenated alkanes) is 3. The number of nitrogens with zero attached hydrogens (tertiary/aromatic N) is 4. The highest BCUT2D eigenvalue weighted by molar-refractivity contribution is 6.20. The number of urea groups is 1. The van der Waals surface area contributed by atoms with E-state index in [1.54, 1.807) is 12.3 Å². The van der Waals surface area contributed by atoms with E-state index >= 15 is 0 Å². The van der Waals surface area contributed by atoms with Crippen LogP contribution < -0.4 is 15.8 Å². The maximum Gasteiger partial charge on any atom is 0.330 e. The largest absolute Gasteiger partial charge is 0.347 e. The molecule has 0 radical (unpaired) electrons. The Hall–Kier alpha value is -4.01. The molecule has 3 aliphatic rings. The molecule has 2 atom stereocenters. The van der Waals surface area contributed by atoms with Crippen LogP contribution in [0.3, 0.4) is 0 Å². The van der Waals surface area contributed by atoms with Gasteiger partial charge in [0.1, 0.15) is 11.5 Å². The highest BCUT2D eigenvalue weighted by Crippen LogP contribution is 2.52. The highest BCUT2D eigenvalue weighted by Gasteiger charge is 2.64. The molecular formula is C29H31N5O4. The second-order valence-corrected chi connectivity index (χ2v) is 10.6. The van der Waals surface area contributed by atoms with Crippen molar-refractivity contribution < 1.29 is 14.4 Å². The van der Waals surface area contributed by atoms with Crippen LogP contribution in [-0.4, -0.2) is 45.2 Å². The van der Waals surface area contributed by atoms with Crippen molar-refractivity contribution >= 4 is 29.3 Å². The summed E-state index contributed by atoms with van der Waals surface area (Å²) >= 11 is 0. The van der Waals surface area contributed by atoms with Gasteiger partial charge in [0.05, 0.1) is 11.6 Å². The molecule has 1 aromatic carbocycles. The lowest BCUT2D eigenvalue weighted by Crippen LogP contribution is -2.70. The Kier molecular flexibility index (Phi) is 5.81. The maximum atomic E-state index is 14.4. The fourth-order valence-electron chi connectivity index (χ4n) is 6.42. The van der Waals surface area contributed by atoms with Crippen molar-refractivity contribution in [2.75, 3.05) is 18.0 Å². The van der Waals surface area contributed by atoms with Crippen molar-refractivity contribution in [2.24, 2.45) is 5.41 Å². The standard InChI is InChI=1S/C29H31N5O4/c1-3-4-5-8-14-34-27(37)29(26(36)31-28(34)38)17-21-24(30-23-18(2)10-9-15-33(23)25(21)35)32-16-13-19-11-6-7-12-20(19)22(29)32/h6-7,9-12,15,22H,3-5,8,13-14,16-17H2,1-2H3,(H,31,36,38)/t22-,29+/m0/s1. The smallest absolute Gasteiger partial charge is 0.330 e. The Balaban J connectivity index is 1.57. The Morgan fingerprint density at radius 2 is 1.87 bits per heavy atom. The first-order valence-electron chi connectivity index (χ1n) is 13.4. The van der Waals surface area contributed by atoms with Crippen molar-refractivity contribution in [2.45, 2.75) is 58.4 Å². The van der Waals surface area contributed by atoms with E-state index < -0.39 is 29.3 Å². The second kappa shape index (κ2) is 9.08. The number of rotatable bonds is 5. The van der Waals surface area contributed by atoms with Crippen LogP contribution in [0.1, 0.15) is 60.9 Å². The van der Waals surface area contributed by atoms with Gasteiger partial charge in [-0.05, 0) is 42.5 Å². The molecule has 38 heavy (non-hydrogen) atoms. The van der Waals surface area contributed by atoms with Gasteiger partial charge in [-0.1, -0.05) is 56.5 Å². The fraction of sp³-hybridized carbons (Fsp3) is 0.414. The van der Waals surface area contributed by atoms with Crippen molar-refractivity contribution in [3.05, 3.63) is 75.2 Å². The molecule has 0 aliphatic carbocycles. The molecule has 1 saturated heterocycles. The molecule has 6 rings (SSSR count). The summed E-state index contributed by atoms with van der Waals surface area (Å²) in [6.07, 6.45) is 5.79. The average Bonchev–Trinajstić information content (AvgIpc) is 2.92. The molecule has 0 saturated carbocycles. The molecule has 1 spiro atoms. The summed E-state index contributed by atoms with van der Waals surface area (Å²) in [4.78, 5) is 63.1. The first kappa shape index (κ1) is 24.3. The van der Waals surface area contributed by atoms with Gasteiger partial charge >= 0.3 is 6.03 Å². The number of aryl methyl sites for hydroxylation is 1. The van der Waals surface area contributed by atoms with Crippen LogP contribution in [0.2, 0.25) is 0 Å². The Morgan fingerprint density at radius 1 is 1.05 bits per heavy atom. The molecule has 5 heterocycles. The molecule has 9 heteroatoms. The van der Waals surface area contributed by atoms with Crippen molar-refractivity contribution in [1.82, 2.24) is 19.6 Å². The van der Waals surface area contributed by atoms with Crippen LogP contribution >= 0.6 is 0 Å². The van der Waals surface area contributed by atoms with Gasteiger partial charge in [-0.15, -0.1) is 0 Å². The van der Waals surface area contributed by atoms with Crippen molar-refractivity contribution in [3.8, 4) is 0 Å². The number of benzene rings is 1. The summed E-state index contributed by atoms with van der Waals surface area (Å²) in [5.74, 6) is -0.668. The summed E-state index contributed by atoms with van der Waals surface area (Å²) in [6, 6.07) is 10.1. The third-order valence-electron chi connectivity index (χ3n) is 8.33. The number of hydrogen-bond acceptors (Lipinski definition) is 6. The van der Waals surface area contributed by atoms with Gasteiger partial charge in [-0.25, -0.2) is 9.78 Å². The zero-order valence-electron chi connectivity index (χ0n) is 21.7. The number of anilines is 1. The van der Waals surface area contributed by atoms with E-state index in [0.717, 1.165) is 36.0 Å². The van der Waals surface area contributed by atoms with Crippen LogP contribution in [0, 0.1) is 12.3 Å². The number of barbiturate groups is 1. The van der Waals surface area contributed by atoms with E-state index in [2.05, 4.69) is 12.2 Å². The van der Waals surface area contributed by atoms with E-state index in [-0.39, 0.29) is 18.5 Å². The third kappa shape index (κ3) is 3.40. The van der Waals surface area contributed by atoms with Gasteiger partial charge < -0.3 is 4.90 Å². The number of carbonyl (C=O) groups excluding carboxylic acids is 3. The molecule has 1 N–H and O–H groups in total. The van der Waals surface area contributed by atoms with Gasteiger partial charge in [0.15, 0.2) is 5.41 Å². The van der Waals surface area contributed by atoms with Crippen molar-refractivity contribution in [3.63, 3.8) is 0 Å². The van der Waals surface area contributed by atoms with Gasteiger partial charge in [0.2, 0.25) is 11.8 Å². The normalized spacial score (nSPS) is 22.4. The number of aromatic nitrogens is 2. The molecule has 1 fully saturated rings. The molecule has 3 aliphatic heterocycles. The summed E-state index contributed by atoms with van der Waals surface area (Å²) in [6.45, 7) is 4.73. The van der Waals surface area contributed by atoms with Gasteiger partial charge in [-0.2, -0.15) is 0 Å². The molecule has 4 amide bonds. The van der Waals surface area contributed by atoms with E-state index in [9.17, 15) is 19.2 Å². The highest BCUT2D eigenvalue weighted by atomic mass is 16.2. The fourth-order valence-corrected chi connectivity index (χ4v) is 6.42. The third-order valence-corrected chi connectivity index (χ3v) is 8.33. The molecule has 196 valence electrons. The number of amides is 4. The molecule has 3 aromatic rings. The molecule has 0 bridgehead atoms. The van der Waals surface area contributed by atoms with Gasteiger partial charge in [0, 0.05) is 25.7 Å². The first-order chi connectivity index (χ1) is 18.4. The van der Waals surface area contributed by atoms with Gasteiger partial charge in [0.25, 0.3) is 5.56 Å². The quantitative estimate of drug-likeness (QED) is 0.415. The SMILES string of the molecule is CCCCCCN1C(=O)NC(=O)[C@]2(Cc3c(nc4c(C)cccn4c3=O)N3CCc4ccccc4[C@H]32)C1=O. The number of fused-ring (bicyclic) bond motifs is 7. The Bertz CT molecular complexity index is 1550. The van der Waals surface area contributed by atoms with Crippen LogP contribution in [-0.2, 0) is 22.4 Å². The average molecular weight is 514 g/mol. The number of nitrogens with one attached hydrogen (secondary N) is 1. The number of imide groups is 2. The van der Waals surface area contributed by atoms with E-state index in [0.29, 0.717) is 36.4 Å². The minimum Gasteiger partial charge on any atom is -0.347 e. The summed E-state index contributed by atoms with van der Waals surface area (Å²) in [7, 11) is 0. The Labute approximate surface area is 220 Å². The van der Waals surface area contributed by atoms with Crippen LogP contribution in [0.15, 0.2) is 47.4 Å². The molecule has 9 nitrogen and oxygen atoms in total. The lowest BCUT2D eigenvalue weighted by atomic mass is 9.65. The first-order valence-corrected chi connectivity index (χ1v) is 13.4. The summed E-state index contributed by atoms with van der Waals surface area (Å²) in [5.41, 5.74) is 1.69. The predicted octanol–water partition coefficient (Wildman–Crippen LogP) is 3.31. The number of hydrogen-bond donors (Lipinski definition) is 1. The lowest BCUT2D eigenvalue weighted by molar-refractivity contribution is -0.154. The number of carbonyl (C=O) groups is 3. The van der Waals surface area contributed by atoms with Crippen LogP contribution in [0.5, 0.6) is 0 Å².